The van der Waals surface area contributed by atoms with Gasteiger partial charge in [0.1, 0.15) is 0 Å². The summed E-state index contributed by atoms with van der Waals surface area (Å²) in [7, 11) is 0. The van der Waals surface area contributed by atoms with Gasteiger partial charge in [-0.2, -0.15) is 4.99 Å². The van der Waals surface area contributed by atoms with E-state index in [9.17, 15) is 20.2 Å². The Kier molecular flexibility index (Phi) is 5.29. The number of aliphatic imine (C=N–C) groups is 2. The van der Waals surface area contributed by atoms with Crippen molar-refractivity contribution in [2.24, 2.45) is 27.2 Å². The second-order valence-corrected chi connectivity index (χ2v) is 3.96. The van der Waals surface area contributed by atoms with E-state index in [0.29, 0.717) is 0 Å². The SMILES string of the molecule is NC(N)=NC(N)=Nc1cc([N+](=O)[O-])cc([N+](=O)[O-])c1CCO. The Morgan fingerprint density at radius 2 is 1.82 bits per heavy atom. The average molecular weight is 311 g/mol. The Morgan fingerprint density at radius 3 is 2.27 bits per heavy atom. The molecule has 0 aliphatic carbocycles. The number of nitro groups is 2. The first kappa shape index (κ1) is 16.8. The van der Waals surface area contributed by atoms with Gasteiger partial charge in [-0.1, -0.05) is 0 Å². The molecule has 0 heterocycles. The Hall–Kier alpha value is -3.28. The van der Waals surface area contributed by atoms with Crippen molar-refractivity contribution in [2.45, 2.75) is 6.42 Å². The zero-order valence-corrected chi connectivity index (χ0v) is 11.2. The van der Waals surface area contributed by atoms with Gasteiger partial charge in [-0.15, -0.1) is 0 Å². The maximum atomic E-state index is 11.0. The second kappa shape index (κ2) is 6.94. The van der Waals surface area contributed by atoms with Crippen LogP contribution < -0.4 is 17.2 Å². The van der Waals surface area contributed by atoms with Crippen molar-refractivity contribution < 1.29 is 15.0 Å². The van der Waals surface area contributed by atoms with Gasteiger partial charge in [0, 0.05) is 19.1 Å². The van der Waals surface area contributed by atoms with Crippen LogP contribution in [0.3, 0.4) is 0 Å². The lowest BCUT2D eigenvalue weighted by molar-refractivity contribution is -0.394. The largest absolute Gasteiger partial charge is 0.396 e. The molecule has 1 aromatic carbocycles. The summed E-state index contributed by atoms with van der Waals surface area (Å²) < 4.78 is 0. The fourth-order valence-electron chi connectivity index (χ4n) is 1.64. The molecule has 0 aliphatic heterocycles. The third-order valence-corrected chi connectivity index (χ3v) is 2.44. The molecule has 12 nitrogen and oxygen atoms in total. The Bertz CT molecular complexity index is 666. The van der Waals surface area contributed by atoms with Gasteiger partial charge in [0.2, 0.25) is 5.96 Å². The van der Waals surface area contributed by atoms with Crippen LogP contribution in [0, 0.1) is 20.2 Å². The lowest BCUT2D eigenvalue weighted by Gasteiger charge is -2.06. The summed E-state index contributed by atoms with van der Waals surface area (Å²) in [6.07, 6.45) is -0.151. The molecule has 0 saturated carbocycles. The highest BCUT2D eigenvalue weighted by atomic mass is 16.6. The van der Waals surface area contributed by atoms with E-state index in [1.165, 1.54) is 0 Å². The molecule has 118 valence electrons. The first-order valence-corrected chi connectivity index (χ1v) is 5.76. The smallest absolute Gasteiger partial charge is 0.281 e. The minimum Gasteiger partial charge on any atom is -0.396 e. The van der Waals surface area contributed by atoms with Crippen molar-refractivity contribution in [3.05, 3.63) is 37.9 Å². The molecule has 0 spiro atoms. The highest BCUT2D eigenvalue weighted by molar-refractivity contribution is 5.94. The molecule has 0 unspecified atom stereocenters. The molecule has 0 radical (unpaired) electrons. The van der Waals surface area contributed by atoms with Crippen molar-refractivity contribution >= 4 is 29.0 Å². The van der Waals surface area contributed by atoms with Crippen molar-refractivity contribution in [2.75, 3.05) is 6.61 Å². The van der Waals surface area contributed by atoms with Crippen LogP contribution in [0.4, 0.5) is 17.1 Å². The van der Waals surface area contributed by atoms with E-state index in [0.717, 1.165) is 12.1 Å². The number of non-ortho nitro benzene ring substituents is 1. The van der Waals surface area contributed by atoms with Crippen LogP contribution in [0.5, 0.6) is 0 Å². The number of aliphatic hydroxyl groups excluding tert-OH is 1. The first-order chi connectivity index (χ1) is 10.3. The minimum absolute atomic E-state index is 0.0214. The van der Waals surface area contributed by atoms with E-state index in [4.69, 9.17) is 22.3 Å². The van der Waals surface area contributed by atoms with Crippen LogP contribution in [-0.2, 0) is 6.42 Å². The molecule has 0 atom stereocenters. The lowest BCUT2D eigenvalue weighted by atomic mass is 10.1. The Balaban J connectivity index is 3.60. The van der Waals surface area contributed by atoms with Crippen LogP contribution >= 0.6 is 0 Å². The fourth-order valence-corrected chi connectivity index (χ4v) is 1.64. The number of nitrogens with two attached hydrogens (primary N) is 3. The minimum atomic E-state index is -0.814. The van der Waals surface area contributed by atoms with Crippen LogP contribution in [0.15, 0.2) is 22.1 Å². The van der Waals surface area contributed by atoms with Crippen LogP contribution in [-0.4, -0.2) is 33.5 Å². The number of rotatable bonds is 5. The first-order valence-electron chi connectivity index (χ1n) is 5.76. The topological polar surface area (TPSA) is 209 Å². The molecule has 12 heteroatoms. The van der Waals surface area contributed by atoms with Crippen molar-refractivity contribution in [1.29, 1.82) is 0 Å². The number of aliphatic hydroxyl groups is 1. The van der Waals surface area contributed by atoms with Crippen LogP contribution in [0.25, 0.3) is 0 Å². The van der Waals surface area contributed by atoms with Gasteiger partial charge in [0.25, 0.3) is 11.4 Å². The van der Waals surface area contributed by atoms with Gasteiger partial charge in [-0.25, -0.2) is 4.99 Å². The highest BCUT2D eigenvalue weighted by Gasteiger charge is 2.23. The molecule has 7 N–H and O–H groups in total. The number of nitro benzene ring substituents is 2. The Morgan fingerprint density at radius 1 is 1.18 bits per heavy atom. The molecule has 0 aliphatic rings. The monoisotopic (exact) mass is 311 g/mol. The zero-order chi connectivity index (χ0) is 16.9. The molecule has 1 aromatic rings. The fraction of sp³-hybridized carbons (Fsp3) is 0.200. The Labute approximate surface area is 123 Å². The van der Waals surface area contributed by atoms with Gasteiger partial charge in [-0.05, 0) is 0 Å². The molecular weight excluding hydrogens is 298 g/mol. The second-order valence-electron chi connectivity index (χ2n) is 3.96. The van der Waals surface area contributed by atoms with Gasteiger partial charge >= 0.3 is 0 Å². The molecule has 22 heavy (non-hydrogen) atoms. The van der Waals surface area contributed by atoms with E-state index in [2.05, 4.69) is 9.98 Å². The summed E-state index contributed by atoms with van der Waals surface area (Å²) in [4.78, 5) is 27.4. The normalized spacial score (nSPS) is 11.0. The third kappa shape index (κ3) is 4.11. The standard InChI is InChI=1S/C10H13N7O5/c11-9(12)15-10(13)14-7-3-5(16(19)20)4-8(17(21)22)6(7)1-2-18/h3-4,18H,1-2H2,(H6,11,12,13,14,15). The van der Waals surface area contributed by atoms with Crippen LogP contribution in [0.2, 0.25) is 0 Å². The number of guanidine groups is 2. The molecule has 0 fully saturated rings. The summed E-state index contributed by atoms with van der Waals surface area (Å²) in [6.45, 7) is -0.427. The van der Waals surface area contributed by atoms with Crippen LogP contribution in [0.1, 0.15) is 5.56 Å². The van der Waals surface area contributed by atoms with Crippen molar-refractivity contribution in [1.82, 2.24) is 0 Å². The maximum absolute atomic E-state index is 11.0. The molecule has 0 aromatic heterocycles. The summed E-state index contributed by atoms with van der Waals surface area (Å²) in [5.74, 6) is -0.834. The summed E-state index contributed by atoms with van der Waals surface area (Å²) in [6, 6.07) is 1.76. The van der Waals surface area contributed by atoms with Gasteiger partial charge < -0.3 is 22.3 Å². The van der Waals surface area contributed by atoms with E-state index in [1.807, 2.05) is 0 Å². The van der Waals surface area contributed by atoms with Gasteiger partial charge in [-0.3, -0.25) is 20.2 Å². The molecule has 0 amide bonds. The number of nitrogens with zero attached hydrogens (tertiary/aromatic N) is 4. The van der Waals surface area contributed by atoms with Gasteiger partial charge in [0.05, 0.1) is 27.2 Å². The predicted octanol–water partition coefficient (Wildman–Crippen LogP) is -0.743. The van der Waals surface area contributed by atoms with E-state index in [1.54, 1.807) is 0 Å². The maximum Gasteiger partial charge on any atom is 0.281 e. The third-order valence-electron chi connectivity index (χ3n) is 2.44. The van der Waals surface area contributed by atoms with Crippen molar-refractivity contribution in [3.8, 4) is 0 Å². The van der Waals surface area contributed by atoms with Gasteiger partial charge in [0.15, 0.2) is 5.96 Å². The lowest BCUT2D eigenvalue weighted by Crippen LogP contribution is -2.26. The molecule has 1 rings (SSSR count). The quantitative estimate of drug-likeness (QED) is 0.235. The summed E-state index contributed by atoms with van der Waals surface area (Å²) >= 11 is 0. The summed E-state index contributed by atoms with van der Waals surface area (Å²) in [5.41, 5.74) is 14.3. The average Bonchev–Trinajstić information content (AvgIpc) is 2.38. The zero-order valence-electron chi connectivity index (χ0n) is 11.2. The van der Waals surface area contributed by atoms with E-state index < -0.39 is 39.7 Å². The molecular formula is C10H13N7O5. The number of benzene rings is 1. The van der Waals surface area contributed by atoms with E-state index >= 15 is 0 Å². The molecule has 0 saturated heterocycles. The number of hydrogen-bond donors (Lipinski definition) is 4. The predicted molar refractivity (Wildman–Crippen MR) is 77.6 cm³/mol. The molecule has 0 bridgehead atoms. The summed E-state index contributed by atoms with van der Waals surface area (Å²) in [5, 5.41) is 30.9. The van der Waals surface area contributed by atoms with Crippen molar-refractivity contribution in [3.63, 3.8) is 0 Å². The van der Waals surface area contributed by atoms with E-state index in [-0.39, 0.29) is 17.7 Å². The highest BCUT2D eigenvalue weighted by Crippen LogP contribution is 2.34. The number of hydrogen-bond acceptors (Lipinski definition) is 6.